The summed E-state index contributed by atoms with van der Waals surface area (Å²) >= 11 is 1.22. The zero-order valence-corrected chi connectivity index (χ0v) is 22.4. The molecule has 2 fully saturated rings. The van der Waals surface area contributed by atoms with E-state index in [0.29, 0.717) is 36.6 Å². The number of ether oxygens (including phenoxy) is 1. The molecule has 3 aliphatic carbocycles. The van der Waals surface area contributed by atoms with Gasteiger partial charge < -0.3 is 20.7 Å². The van der Waals surface area contributed by atoms with Crippen molar-refractivity contribution < 1.29 is 36.3 Å². The number of thiophene rings is 1. The predicted octanol–water partition coefficient (Wildman–Crippen LogP) is 3.83. The number of rotatable bonds is 10. The van der Waals surface area contributed by atoms with E-state index in [9.17, 15) is 31.5 Å². The fourth-order valence-corrected chi connectivity index (χ4v) is 6.23. The standard InChI is InChI=1S/C24H25F5N8O3S/c1-36-16(6-17(35-36)40-22(26)27)32-23-34-31-9-37(23)11-2-3-15-13(4-11)18(20(39)30-8-10-7-24(10,28)29)21(41-15)33-19(38)12-5-14(12)25/h6,9-12,14,22H,2-5,7-8H2,1H3,(H,30,39)(H,32,34)(H,33,38)/t10-,11+,12+,14+/m1/s1. The summed E-state index contributed by atoms with van der Waals surface area (Å²) in [5.74, 6) is -5.29. The molecule has 3 aromatic heterocycles. The lowest BCUT2D eigenvalue weighted by atomic mass is 9.91. The molecule has 3 N–H and O–H groups in total. The third-order valence-electron chi connectivity index (χ3n) is 7.49. The molecule has 0 bridgehead atoms. The number of amides is 2. The lowest BCUT2D eigenvalue weighted by Crippen LogP contribution is -2.29. The first kappa shape index (κ1) is 27.4. The molecule has 3 heterocycles. The molecule has 3 aromatic rings. The van der Waals surface area contributed by atoms with Gasteiger partial charge in [0.15, 0.2) is 0 Å². The Morgan fingerprint density at radius 3 is 2.76 bits per heavy atom. The molecule has 220 valence electrons. The summed E-state index contributed by atoms with van der Waals surface area (Å²) in [6.45, 7) is -3.24. The number of carbonyl (C=O) groups is 2. The van der Waals surface area contributed by atoms with Gasteiger partial charge in [0.1, 0.15) is 23.3 Å². The number of hydrogen-bond donors (Lipinski definition) is 3. The highest BCUT2D eigenvalue weighted by atomic mass is 32.1. The second-order valence-corrected chi connectivity index (χ2v) is 11.5. The average Bonchev–Trinajstić information content (AvgIpc) is 3.53. The van der Waals surface area contributed by atoms with Gasteiger partial charge >= 0.3 is 6.61 Å². The Labute approximate surface area is 233 Å². The van der Waals surface area contributed by atoms with Crippen LogP contribution in [-0.2, 0) is 24.7 Å². The number of alkyl halides is 5. The van der Waals surface area contributed by atoms with Gasteiger partial charge in [-0.2, -0.15) is 8.78 Å². The van der Waals surface area contributed by atoms with Crippen LogP contribution in [0.1, 0.15) is 46.1 Å². The van der Waals surface area contributed by atoms with Crippen molar-refractivity contribution >= 4 is 39.9 Å². The predicted molar refractivity (Wildman–Crippen MR) is 136 cm³/mol. The largest absolute Gasteiger partial charge is 0.415 e. The Kier molecular flexibility index (Phi) is 6.86. The third-order valence-corrected chi connectivity index (χ3v) is 8.69. The molecule has 0 spiro atoms. The SMILES string of the molecule is Cn1nc(OC(F)F)cc1Nc1nncn1[C@H]1CCc2sc(NC(=O)[C@H]3C[C@@H]3F)c(C(=O)NC[C@H]3CC3(F)F)c2C1. The van der Waals surface area contributed by atoms with Crippen LogP contribution in [0.4, 0.5) is 38.7 Å². The highest BCUT2D eigenvalue weighted by Gasteiger charge is 2.56. The van der Waals surface area contributed by atoms with E-state index in [2.05, 4.69) is 36.0 Å². The van der Waals surface area contributed by atoms with Gasteiger partial charge in [-0.3, -0.25) is 14.2 Å². The Morgan fingerprint density at radius 2 is 2.07 bits per heavy atom. The second-order valence-electron chi connectivity index (χ2n) is 10.4. The van der Waals surface area contributed by atoms with Crippen LogP contribution in [0, 0.1) is 11.8 Å². The van der Waals surface area contributed by atoms with E-state index in [1.54, 1.807) is 4.57 Å². The van der Waals surface area contributed by atoms with Gasteiger partial charge in [0, 0.05) is 42.9 Å². The zero-order chi connectivity index (χ0) is 29.1. The van der Waals surface area contributed by atoms with Crippen LogP contribution in [0.3, 0.4) is 0 Å². The fourth-order valence-electron chi connectivity index (χ4n) is 4.99. The van der Waals surface area contributed by atoms with E-state index < -0.39 is 42.4 Å². The maximum absolute atomic E-state index is 13.5. The van der Waals surface area contributed by atoms with E-state index in [1.807, 2.05) is 0 Å². The van der Waals surface area contributed by atoms with Gasteiger partial charge in [0.05, 0.1) is 11.5 Å². The number of carbonyl (C=O) groups excluding carboxylic acids is 2. The Hall–Kier alpha value is -3.76. The van der Waals surface area contributed by atoms with Crippen molar-refractivity contribution in [2.45, 2.75) is 56.9 Å². The molecule has 11 nitrogen and oxygen atoms in total. The number of halogens is 5. The monoisotopic (exact) mass is 600 g/mol. The highest BCUT2D eigenvalue weighted by molar-refractivity contribution is 7.17. The molecule has 4 atom stereocenters. The molecule has 41 heavy (non-hydrogen) atoms. The normalized spacial score (nSPS) is 24.1. The highest BCUT2D eigenvalue weighted by Crippen LogP contribution is 2.48. The van der Waals surface area contributed by atoms with Crippen LogP contribution >= 0.6 is 11.3 Å². The van der Waals surface area contributed by atoms with E-state index in [4.69, 9.17) is 0 Å². The van der Waals surface area contributed by atoms with Crippen molar-refractivity contribution in [3.05, 3.63) is 28.4 Å². The third kappa shape index (κ3) is 5.58. The number of aromatic nitrogens is 5. The molecule has 0 aliphatic heterocycles. The first-order chi connectivity index (χ1) is 19.5. The Bertz CT molecular complexity index is 1490. The number of hydrogen-bond acceptors (Lipinski definition) is 8. The molecule has 0 unspecified atom stereocenters. The van der Waals surface area contributed by atoms with Crippen molar-refractivity contribution in [2.24, 2.45) is 18.9 Å². The maximum atomic E-state index is 13.5. The molecule has 2 amide bonds. The minimum atomic E-state index is -3.03. The number of anilines is 3. The summed E-state index contributed by atoms with van der Waals surface area (Å²) in [6, 6.07) is 1.03. The van der Waals surface area contributed by atoms with Gasteiger partial charge in [-0.1, -0.05) is 0 Å². The summed E-state index contributed by atoms with van der Waals surface area (Å²) in [5.41, 5.74) is 0.841. The average molecular weight is 601 g/mol. The van der Waals surface area contributed by atoms with Gasteiger partial charge in [-0.15, -0.1) is 26.6 Å². The van der Waals surface area contributed by atoms with Crippen LogP contribution in [-0.4, -0.2) is 61.6 Å². The molecule has 17 heteroatoms. The number of nitrogens with one attached hydrogen (secondary N) is 3. The summed E-state index contributed by atoms with van der Waals surface area (Å²) in [4.78, 5) is 26.7. The van der Waals surface area contributed by atoms with Crippen molar-refractivity contribution in [2.75, 3.05) is 17.2 Å². The van der Waals surface area contributed by atoms with Gasteiger partial charge in [0.2, 0.25) is 17.7 Å². The molecular weight excluding hydrogens is 575 g/mol. The van der Waals surface area contributed by atoms with E-state index >= 15 is 0 Å². The molecular formula is C24H25F5N8O3S. The zero-order valence-electron chi connectivity index (χ0n) is 21.5. The van der Waals surface area contributed by atoms with E-state index in [0.717, 1.165) is 4.88 Å². The summed E-state index contributed by atoms with van der Waals surface area (Å²) in [6.07, 6.45) is 1.57. The van der Waals surface area contributed by atoms with Crippen LogP contribution in [0.25, 0.3) is 0 Å². The summed E-state index contributed by atoms with van der Waals surface area (Å²) in [5, 5.41) is 20.5. The minimum absolute atomic E-state index is 0.118. The fraction of sp³-hybridized carbons (Fsp3) is 0.542. The minimum Gasteiger partial charge on any atom is -0.415 e. The topological polar surface area (TPSA) is 128 Å². The Balaban J connectivity index is 1.24. The first-order valence-corrected chi connectivity index (χ1v) is 13.7. The molecule has 3 aliphatic rings. The summed E-state index contributed by atoms with van der Waals surface area (Å²) in [7, 11) is 1.53. The molecule has 0 aromatic carbocycles. The van der Waals surface area contributed by atoms with Crippen LogP contribution in [0.2, 0.25) is 0 Å². The van der Waals surface area contributed by atoms with Crippen LogP contribution in [0.15, 0.2) is 12.4 Å². The van der Waals surface area contributed by atoms with Crippen LogP contribution < -0.4 is 20.7 Å². The second kappa shape index (κ2) is 10.3. The van der Waals surface area contributed by atoms with E-state index in [-0.39, 0.29) is 41.9 Å². The number of nitrogens with zero attached hydrogens (tertiary/aromatic N) is 5. The molecule has 0 radical (unpaired) electrons. The smallest absolute Gasteiger partial charge is 0.388 e. The van der Waals surface area contributed by atoms with Gasteiger partial charge in [-0.05, 0) is 31.2 Å². The molecule has 0 saturated heterocycles. The first-order valence-electron chi connectivity index (χ1n) is 12.9. The quantitative estimate of drug-likeness (QED) is 0.302. The lowest BCUT2D eigenvalue weighted by molar-refractivity contribution is -0.117. The van der Waals surface area contributed by atoms with Crippen molar-refractivity contribution in [3.8, 4) is 5.88 Å². The van der Waals surface area contributed by atoms with Crippen LogP contribution in [0.5, 0.6) is 5.88 Å². The summed E-state index contributed by atoms with van der Waals surface area (Å²) < 4.78 is 72.9. The van der Waals surface area contributed by atoms with Crippen molar-refractivity contribution in [1.29, 1.82) is 0 Å². The Morgan fingerprint density at radius 1 is 1.32 bits per heavy atom. The lowest BCUT2D eigenvalue weighted by Gasteiger charge is -2.25. The number of aryl methyl sites for hydroxylation is 2. The number of fused-ring (bicyclic) bond motifs is 1. The van der Waals surface area contributed by atoms with Crippen molar-refractivity contribution in [1.82, 2.24) is 29.9 Å². The van der Waals surface area contributed by atoms with E-state index in [1.165, 1.54) is 35.5 Å². The molecule has 2 saturated carbocycles. The van der Waals surface area contributed by atoms with Gasteiger partial charge in [-0.25, -0.2) is 17.9 Å². The van der Waals surface area contributed by atoms with Crippen molar-refractivity contribution in [3.63, 3.8) is 0 Å². The molecule has 6 rings (SSSR count). The maximum Gasteiger partial charge on any atom is 0.388 e. The van der Waals surface area contributed by atoms with Gasteiger partial charge in [0.25, 0.3) is 11.8 Å².